The maximum atomic E-state index is 13.2. The van der Waals surface area contributed by atoms with E-state index < -0.39 is 6.43 Å². The van der Waals surface area contributed by atoms with E-state index in [-0.39, 0.29) is 22.9 Å². The van der Waals surface area contributed by atoms with Gasteiger partial charge in [0, 0.05) is 41.7 Å². The van der Waals surface area contributed by atoms with Crippen LogP contribution in [0, 0.1) is 17.8 Å². The molecule has 0 bridgehead atoms. The second-order valence-corrected chi connectivity index (χ2v) is 10.1. The largest absolute Gasteiger partial charge is 0.387 e. The van der Waals surface area contributed by atoms with Crippen LogP contribution in [-0.2, 0) is 11.8 Å². The summed E-state index contributed by atoms with van der Waals surface area (Å²) in [4.78, 5) is 25.3. The molecule has 0 radical (unpaired) electrons. The molecular weight excluding hydrogens is 459 g/mol. The normalized spacial score (nSPS) is 13.6. The van der Waals surface area contributed by atoms with E-state index >= 15 is 0 Å². The summed E-state index contributed by atoms with van der Waals surface area (Å²) in [5, 5.41) is 7.65. The number of hydrogen-bond acceptors (Lipinski definition) is 5. The predicted molar refractivity (Wildman–Crippen MR) is 145 cm³/mol. The number of benzene rings is 1. The first-order valence-electron chi connectivity index (χ1n) is 11.7. The fourth-order valence-corrected chi connectivity index (χ4v) is 3.95. The van der Waals surface area contributed by atoms with Crippen LogP contribution in [-0.4, -0.2) is 54.2 Å². The number of amides is 1. The number of aromatic nitrogens is 4. The first-order valence-corrected chi connectivity index (χ1v) is 11.7. The number of aryl methyl sites for hydroxylation is 1. The molecule has 3 aromatic heterocycles. The fraction of sp³-hybridized carbons (Fsp3) is 0.250. The third-order valence-corrected chi connectivity index (χ3v) is 5.92. The molecule has 1 aromatic carbocycles. The van der Waals surface area contributed by atoms with Gasteiger partial charge in [0.1, 0.15) is 35.2 Å². The number of imidazole rings is 1. The molecule has 1 aliphatic rings. The quantitative estimate of drug-likeness (QED) is 0.330. The van der Waals surface area contributed by atoms with Crippen molar-refractivity contribution in [2.24, 2.45) is 13.0 Å². The van der Waals surface area contributed by atoms with E-state index in [1.165, 1.54) is 4.57 Å². The number of nitrogens with one attached hydrogen (secondary N) is 2. The summed E-state index contributed by atoms with van der Waals surface area (Å²) in [5.74, 6) is 7.18. The molecule has 1 saturated carbocycles. The average Bonchev–Trinajstić information content (AvgIpc) is 3.62. The molecule has 3 heterocycles. The Morgan fingerprint density at radius 3 is 2.61 bits per heavy atom. The highest BCUT2D eigenvalue weighted by Crippen LogP contribution is 2.31. The minimum atomic E-state index is -2.65. The summed E-state index contributed by atoms with van der Waals surface area (Å²) in [5.41, 5.74) is 2.39. The summed E-state index contributed by atoms with van der Waals surface area (Å²) in [6.07, 6.45) is 2.53. The topological polar surface area (TPSA) is 84.7 Å². The van der Waals surface area contributed by atoms with Crippen LogP contribution in [0.15, 0.2) is 36.7 Å². The van der Waals surface area contributed by atoms with Crippen molar-refractivity contribution < 1.29 is 13.6 Å². The third-order valence-electron chi connectivity index (χ3n) is 5.92. The van der Waals surface area contributed by atoms with Crippen molar-refractivity contribution in [2.75, 3.05) is 10.6 Å². The lowest BCUT2D eigenvalue weighted by Crippen LogP contribution is -2.40. The lowest BCUT2D eigenvalue weighted by atomic mass is 9.49. The van der Waals surface area contributed by atoms with E-state index in [2.05, 4.69) is 37.4 Å². The minimum absolute atomic E-state index is 0.0239. The molecule has 4 aromatic rings. The zero-order valence-electron chi connectivity index (χ0n) is 20.5. The minimum Gasteiger partial charge on any atom is -0.387 e. The SMILES string of the molecule is BC(B)(B)Nc1ncc(C#Cc2ccc3nc(C(F)F)n(C)c3c2)c2cc(NC(=O)C3CC3)ncc12. The third kappa shape index (κ3) is 4.92. The van der Waals surface area contributed by atoms with Gasteiger partial charge in [-0.05, 0) is 42.3 Å². The van der Waals surface area contributed by atoms with E-state index in [9.17, 15) is 13.6 Å². The van der Waals surface area contributed by atoms with Crippen LogP contribution in [0.3, 0.4) is 0 Å². The number of carbonyl (C=O) groups is 1. The van der Waals surface area contributed by atoms with Crippen LogP contribution in [0.5, 0.6) is 0 Å². The van der Waals surface area contributed by atoms with Crippen LogP contribution in [0.4, 0.5) is 20.4 Å². The van der Waals surface area contributed by atoms with Gasteiger partial charge in [0.05, 0.1) is 16.6 Å². The number of fused-ring (bicyclic) bond motifs is 2. The smallest absolute Gasteiger partial charge is 0.295 e. The summed E-state index contributed by atoms with van der Waals surface area (Å²) in [6.45, 7) is 0. The number of hydrogen-bond donors (Lipinski definition) is 2. The highest BCUT2D eigenvalue weighted by atomic mass is 19.3. The van der Waals surface area contributed by atoms with Gasteiger partial charge < -0.3 is 15.2 Å². The molecule has 36 heavy (non-hydrogen) atoms. The number of rotatable bonds is 5. The molecule has 0 atom stereocenters. The van der Waals surface area contributed by atoms with E-state index in [1.807, 2.05) is 29.6 Å². The Morgan fingerprint density at radius 2 is 1.92 bits per heavy atom. The van der Waals surface area contributed by atoms with Crippen molar-refractivity contribution in [1.82, 2.24) is 19.5 Å². The summed E-state index contributed by atoms with van der Waals surface area (Å²) < 4.78 is 27.8. The molecule has 7 nitrogen and oxygen atoms in total. The molecule has 0 saturated heterocycles. The number of alkyl halides is 2. The Hall–Kier alpha value is -3.87. The number of halogens is 2. The van der Waals surface area contributed by atoms with E-state index in [1.54, 1.807) is 37.6 Å². The van der Waals surface area contributed by atoms with Gasteiger partial charge in [0.15, 0.2) is 5.82 Å². The van der Waals surface area contributed by atoms with Gasteiger partial charge in [-0.1, -0.05) is 11.8 Å². The molecule has 5 rings (SSSR count). The van der Waals surface area contributed by atoms with Crippen molar-refractivity contribution in [1.29, 1.82) is 0 Å². The maximum absolute atomic E-state index is 13.2. The van der Waals surface area contributed by atoms with Crippen molar-refractivity contribution in [3.8, 4) is 11.8 Å². The van der Waals surface area contributed by atoms with Gasteiger partial charge in [-0.2, -0.15) is 0 Å². The van der Waals surface area contributed by atoms with Gasteiger partial charge in [-0.25, -0.2) is 23.7 Å². The zero-order chi connectivity index (χ0) is 25.6. The molecule has 1 amide bonds. The number of carbonyl (C=O) groups excluding carboxylic acids is 1. The van der Waals surface area contributed by atoms with Crippen LogP contribution in [0.1, 0.15) is 36.2 Å². The second kappa shape index (κ2) is 8.97. The van der Waals surface area contributed by atoms with E-state index in [0.29, 0.717) is 33.8 Å². The van der Waals surface area contributed by atoms with Gasteiger partial charge in [-0.3, -0.25) is 4.79 Å². The Bertz CT molecular complexity index is 1570. The monoisotopic (exact) mass is 482 g/mol. The van der Waals surface area contributed by atoms with Crippen LogP contribution in [0.2, 0.25) is 0 Å². The second-order valence-electron chi connectivity index (χ2n) is 10.1. The average molecular weight is 482 g/mol. The highest BCUT2D eigenvalue weighted by molar-refractivity contribution is 6.60. The van der Waals surface area contributed by atoms with Crippen LogP contribution < -0.4 is 10.6 Å². The number of pyridine rings is 2. The fourth-order valence-electron chi connectivity index (χ4n) is 3.95. The number of nitrogens with zero attached hydrogens (tertiary/aromatic N) is 4. The van der Waals surface area contributed by atoms with Gasteiger partial charge in [0.25, 0.3) is 6.43 Å². The molecule has 0 unspecified atom stereocenters. The van der Waals surface area contributed by atoms with Crippen LogP contribution in [0.25, 0.3) is 21.8 Å². The van der Waals surface area contributed by atoms with Crippen LogP contribution >= 0.6 is 0 Å². The standard InChI is InChI=1S/C24H23B3F2N6O/c1-35-18-8-12(3-7-17(18)32-22(35)20(28)29)2-4-14-10-31-21(34-24(25,26)27)16-11-30-19(9-15(14)16)33-23(36)13-5-6-13/h3,7-11,13,20H,5-6,25-27H2,1H3,(H,31,34)(H,30,33,36). The molecule has 0 aliphatic heterocycles. The summed E-state index contributed by atoms with van der Waals surface area (Å²) in [6, 6.07) is 7.00. The molecule has 2 N–H and O–H groups in total. The number of anilines is 2. The Labute approximate surface area is 209 Å². The molecule has 1 fully saturated rings. The Kier molecular flexibility index (Phi) is 5.95. The predicted octanol–water partition coefficient (Wildman–Crippen LogP) is 1.12. The first kappa shape index (κ1) is 23.9. The van der Waals surface area contributed by atoms with Crippen molar-refractivity contribution >= 4 is 62.9 Å². The zero-order valence-corrected chi connectivity index (χ0v) is 20.5. The first-order chi connectivity index (χ1) is 17.1. The summed E-state index contributed by atoms with van der Waals surface area (Å²) >= 11 is 0. The van der Waals surface area contributed by atoms with Gasteiger partial charge >= 0.3 is 0 Å². The molecule has 12 heteroatoms. The van der Waals surface area contributed by atoms with Gasteiger partial charge in [-0.15, -0.1) is 0 Å². The highest BCUT2D eigenvalue weighted by Gasteiger charge is 2.30. The lowest BCUT2D eigenvalue weighted by Gasteiger charge is -2.22. The summed E-state index contributed by atoms with van der Waals surface area (Å²) in [7, 11) is 7.69. The molecule has 0 spiro atoms. The Morgan fingerprint density at radius 1 is 1.14 bits per heavy atom. The van der Waals surface area contributed by atoms with E-state index in [4.69, 9.17) is 0 Å². The molecule has 178 valence electrons. The van der Waals surface area contributed by atoms with Gasteiger partial charge in [0.2, 0.25) is 5.91 Å². The molecule has 1 aliphatic carbocycles. The molecular formula is C24H23B3F2N6O. The van der Waals surface area contributed by atoms with Crippen molar-refractivity contribution in [3.63, 3.8) is 0 Å². The van der Waals surface area contributed by atoms with Crippen molar-refractivity contribution in [2.45, 2.75) is 24.5 Å². The maximum Gasteiger partial charge on any atom is 0.295 e. The lowest BCUT2D eigenvalue weighted by molar-refractivity contribution is -0.117. The van der Waals surface area contributed by atoms with E-state index in [0.717, 1.165) is 23.6 Å². The van der Waals surface area contributed by atoms with Crippen molar-refractivity contribution in [3.05, 3.63) is 53.6 Å². The Balaban J connectivity index is 1.56.